The highest BCUT2D eigenvalue weighted by Crippen LogP contribution is 2.61. The van der Waals surface area contributed by atoms with Crippen molar-refractivity contribution in [3.8, 4) is 0 Å². The number of nitrogens with two attached hydrogens (primary N) is 2. The topological polar surface area (TPSA) is 165 Å². The lowest BCUT2D eigenvalue weighted by molar-refractivity contribution is -0.111. The van der Waals surface area contributed by atoms with Crippen LogP contribution in [0, 0.1) is 11.8 Å². The van der Waals surface area contributed by atoms with Gasteiger partial charge in [-0.2, -0.15) is 0 Å². The van der Waals surface area contributed by atoms with Gasteiger partial charge in [-0.05, 0) is 25.7 Å². The van der Waals surface area contributed by atoms with E-state index in [1.807, 2.05) is 0 Å². The van der Waals surface area contributed by atoms with Crippen LogP contribution < -0.4 is 22.1 Å². The molecule has 9 rings (SSSR count). The summed E-state index contributed by atoms with van der Waals surface area (Å²) in [5.74, 6) is -0.00215. The number of rotatable bonds is 0. The van der Waals surface area contributed by atoms with E-state index in [1.165, 1.54) is 12.7 Å². The molecule has 14 heteroatoms. The second-order valence-electron chi connectivity index (χ2n) is 11.6. The molecule has 3 fully saturated rings. The molecule has 7 heterocycles. The largest absolute Gasteiger partial charge is 0.370 e. The maximum absolute atomic E-state index is 15.7. The molecule has 2 unspecified atom stereocenters. The van der Waals surface area contributed by atoms with Crippen LogP contribution in [0.5, 0.6) is 0 Å². The van der Waals surface area contributed by atoms with Crippen LogP contribution in [0.1, 0.15) is 48.2 Å². The highest BCUT2D eigenvalue weighted by atomic mass is 19.1. The maximum atomic E-state index is 15.7. The van der Waals surface area contributed by atoms with E-state index in [-0.39, 0.29) is 26.1 Å². The minimum atomic E-state index is -1.45. The molecule has 10 atom stereocenters. The molecule has 2 aliphatic carbocycles. The summed E-state index contributed by atoms with van der Waals surface area (Å²) in [4.78, 5) is 17.9. The van der Waals surface area contributed by atoms with E-state index in [4.69, 9.17) is 30.4 Å². The molecule has 0 radical (unpaired) electrons. The molecule has 3 saturated heterocycles. The molecular weight excluding hydrogens is 526 g/mol. The first-order valence-corrected chi connectivity index (χ1v) is 14.0. The molecule has 0 amide bonds. The fraction of sp³-hybridized carbons (Fsp3) is 0.692. The van der Waals surface area contributed by atoms with Gasteiger partial charge in [0.2, 0.25) is 0 Å². The molecule has 0 saturated carbocycles. The van der Waals surface area contributed by atoms with Crippen LogP contribution in [0.15, 0.2) is 12.7 Å². The Bertz CT molecular complexity index is 1240. The molecule has 12 nitrogen and oxygen atoms in total. The molecule has 214 valence electrons. The van der Waals surface area contributed by atoms with Gasteiger partial charge >= 0.3 is 0 Å². The molecule has 7 aliphatic rings. The number of hydrogen-bond donors (Lipinski definition) is 4. The minimum Gasteiger partial charge on any atom is -0.370 e. The number of fused-ring (bicyclic) bond motifs is 7. The third-order valence-corrected chi connectivity index (χ3v) is 9.43. The number of hydrogen-bond acceptors (Lipinski definition) is 12. The van der Waals surface area contributed by atoms with Gasteiger partial charge in [-0.15, -0.1) is 0 Å². The lowest BCUT2D eigenvalue weighted by atomic mass is 9.88. The van der Waals surface area contributed by atoms with Gasteiger partial charge < -0.3 is 41.0 Å². The van der Waals surface area contributed by atoms with Crippen molar-refractivity contribution in [2.45, 2.75) is 73.9 Å². The van der Waals surface area contributed by atoms with E-state index < -0.39 is 60.0 Å². The number of aromatic nitrogens is 4. The van der Waals surface area contributed by atoms with Gasteiger partial charge in [0.1, 0.15) is 60.3 Å². The normalized spacial score (nSPS) is 43.4. The van der Waals surface area contributed by atoms with Crippen LogP contribution >= 0.6 is 0 Å². The van der Waals surface area contributed by atoms with Crippen LogP contribution in [-0.4, -0.2) is 83.2 Å². The Kier molecular flexibility index (Phi) is 5.61. The Morgan fingerprint density at radius 2 is 1.18 bits per heavy atom. The van der Waals surface area contributed by atoms with E-state index in [0.29, 0.717) is 36.1 Å². The zero-order valence-corrected chi connectivity index (χ0v) is 21.8. The van der Waals surface area contributed by atoms with E-state index >= 15 is 8.78 Å². The lowest BCUT2D eigenvalue weighted by Crippen LogP contribution is -2.39. The number of halogens is 2. The number of nitrogens with zero attached hydrogens (tertiary/aromatic N) is 4. The highest BCUT2D eigenvalue weighted by molar-refractivity contribution is 5.67. The Balaban J connectivity index is 1.25. The van der Waals surface area contributed by atoms with Gasteiger partial charge in [-0.25, -0.2) is 28.7 Å². The lowest BCUT2D eigenvalue weighted by Gasteiger charge is -2.31. The summed E-state index contributed by atoms with van der Waals surface area (Å²) in [5.41, 5.74) is 13.0. The molecule has 0 aromatic carbocycles. The Morgan fingerprint density at radius 3 is 1.62 bits per heavy atom. The Labute approximate surface area is 228 Å². The number of anilines is 2. The van der Waals surface area contributed by atoms with Crippen LogP contribution in [0.3, 0.4) is 0 Å². The highest BCUT2D eigenvalue weighted by Gasteiger charge is 2.65. The molecule has 2 aromatic rings. The average molecular weight is 559 g/mol. The smallest absolute Gasteiger partial charge is 0.145 e. The Morgan fingerprint density at radius 1 is 0.725 bits per heavy atom. The monoisotopic (exact) mass is 558 g/mol. The summed E-state index contributed by atoms with van der Waals surface area (Å²) in [5, 5.41) is 6.81. The fourth-order valence-corrected chi connectivity index (χ4v) is 7.25. The van der Waals surface area contributed by atoms with Crippen LogP contribution in [0.25, 0.3) is 0 Å². The van der Waals surface area contributed by atoms with Gasteiger partial charge in [-0.3, -0.25) is 0 Å². The van der Waals surface area contributed by atoms with Crippen molar-refractivity contribution in [2.24, 2.45) is 23.3 Å². The van der Waals surface area contributed by atoms with Crippen molar-refractivity contribution in [2.75, 3.05) is 36.9 Å². The summed E-state index contributed by atoms with van der Waals surface area (Å²) in [6, 6.07) is 0. The van der Waals surface area contributed by atoms with Crippen molar-refractivity contribution in [1.29, 1.82) is 0 Å². The van der Waals surface area contributed by atoms with Crippen LogP contribution in [0.2, 0.25) is 0 Å². The van der Waals surface area contributed by atoms with E-state index in [9.17, 15) is 0 Å². The molecular formula is C26H32F2N8O4. The maximum Gasteiger partial charge on any atom is 0.145 e. The van der Waals surface area contributed by atoms with Crippen molar-refractivity contribution in [1.82, 2.24) is 19.9 Å². The second-order valence-corrected chi connectivity index (χ2v) is 11.6. The van der Waals surface area contributed by atoms with Crippen LogP contribution in [-0.2, 0) is 30.1 Å². The third-order valence-electron chi connectivity index (χ3n) is 9.43. The first kappa shape index (κ1) is 25.1. The fourth-order valence-electron chi connectivity index (χ4n) is 7.25. The summed E-state index contributed by atoms with van der Waals surface area (Å²) in [6.45, 7) is 1.40. The quantitative estimate of drug-likeness (QED) is 0.360. The van der Waals surface area contributed by atoms with Crippen LogP contribution in [0.4, 0.5) is 20.4 Å². The van der Waals surface area contributed by atoms with E-state index in [2.05, 4.69) is 30.6 Å². The van der Waals surface area contributed by atoms with Crippen molar-refractivity contribution in [3.63, 3.8) is 0 Å². The zero-order valence-electron chi connectivity index (χ0n) is 21.8. The first-order valence-electron chi connectivity index (χ1n) is 14.0. The molecule has 6 N–H and O–H groups in total. The van der Waals surface area contributed by atoms with Gasteiger partial charge in [0.15, 0.2) is 0 Å². The van der Waals surface area contributed by atoms with Gasteiger partial charge in [0.25, 0.3) is 0 Å². The summed E-state index contributed by atoms with van der Waals surface area (Å²) in [7, 11) is 0. The standard InChI is InChI=1S/C26H32F2N8O4/c27-17-11-5-25-15-19(25)33-9-35-23(15)31-3-1-2-4-32-24-16-20(34-10-36-24)26(16,38-8-14(11)40-21(17)29)6-12-13(7-37-25)39-22(30)18(12)28/h9-14,17-18,21-22H,1-8,29-30H2,(H,31,33,35)(H,32,34,36)/t11-,12-,13-,14-,17-,18-,21-,22-,25?,26?/m1/s1. The number of nitrogens with one attached hydrogen (secondary N) is 2. The minimum absolute atomic E-state index is 0.0268. The van der Waals surface area contributed by atoms with Crippen molar-refractivity contribution >= 4 is 11.6 Å². The predicted octanol–water partition coefficient (Wildman–Crippen LogP) is 0.801. The molecule has 40 heavy (non-hydrogen) atoms. The third kappa shape index (κ3) is 3.56. The zero-order chi connectivity index (χ0) is 27.2. The first-order chi connectivity index (χ1) is 19.4. The molecule has 2 aromatic heterocycles. The van der Waals surface area contributed by atoms with E-state index in [0.717, 1.165) is 24.0 Å². The van der Waals surface area contributed by atoms with Gasteiger partial charge in [0.05, 0.1) is 47.9 Å². The van der Waals surface area contributed by atoms with Gasteiger partial charge in [-0.1, -0.05) is 0 Å². The number of alkyl halides is 2. The Hall–Kier alpha value is -2.62. The summed E-state index contributed by atoms with van der Waals surface area (Å²) >= 11 is 0. The average Bonchev–Trinajstić information content (AvgIpc) is 3.74. The molecule has 5 aliphatic heterocycles. The van der Waals surface area contributed by atoms with Gasteiger partial charge in [0, 0.05) is 24.9 Å². The van der Waals surface area contributed by atoms with Crippen molar-refractivity contribution < 1.29 is 27.7 Å². The SMILES string of the molecule is N[C@@H]1O[C@@H]2COC34C[C@H]5[C@@H](F)[C@H](N)O[C@@H]5COC5(C[C@H]2[C@H]1F)c1ncnc(c15)NCCCCNc1ncnc3c14. The summed E-state index contributed by atoms with van der Waals surface area (Å²) in [6.07, 6.45) is -1.33. The van der Waals surface area contributed by atoms with Crippen molar-refractivity contribution in [3.05, 3.63) is 35.2 Å². The predicted molar refractivity (Wildman–Crippen MR) is 135 cm³/mol. The second kappa shape index (κ2) is 8.94. The molecule has 2 bridgehead atoms. The van der Waals surface area contributed by atoms with E-state index in [1.54, 1.807) is 0 Å². The molecule has 2 spiro atoms. The summed E-state index contributed by atoms with van der Waals surface area (Å²) < 4.78 is 56.3. The number of ether oxygens (including phenoxy) is 4.